The van der Waals surface area contributed by atoms with E-state index < -0.39 is 0 Å². The van der Waals surface area contributed by atoms with Gasteiger partial charge in [0.15, 0.2) is 0 Å². The molecule has 1 aromatic carbocycles. The summed E-state index contributed by atoms with van der Waals surface area (Å²) in [6.45, 7) is 2.31. The molecule has 2 nitrogen and oxygen atoms in total. The van der Waals surface area contributed by atoms with Crippen LogP contribution in [0, 0.1) is 0 Å². The van der Waals surface area contributed by atoms with E-state index in [9.17, 15) is 0 Å². The Morgan fingerprint density at radius 3 is 2.38 bits per heavy atom. The molecular weight excluding hydrogens is 256 g/mol. The van der Waals surface area contributed by atoms with Gasteiger partial charge in [-0.1, -0.05) is 61.4 Å². The van der Waals surface area contributed by atoms with Gasteiger partial charge >= 0.3 is 0 Å². The van der Waals surface area contributed by atoms with Gasteiger partial charge < -0.3 is 0 Å². The van der Waals surface area contributed by atoms with Crippen molar-refractivity contribution in [2.45, 2.75) is 37.8 Å². The van der Waals surface area contributed by atoms with Gasteiger partial charge in [-0.15, -0.1) is 0 Å². The van der Waals surface area contributed by atoms with E-state index in [4.69, 9.17) is 4.99 Å². The van der Waals surface area contributed by atoms with Gasteiger partial charge in [0.05, 0.1) is 0 Å². The molecule has 110 valence electrons. The average molecular weight is 280 g/mol. The highest BCUT2D eigenvalue weighted by Gasteiger charge is 2.33. The zero-order valence-electron chi connectivity index (χ0n) is 12.6. The standard InChI is InChI=1S/C19H24N2/c1-2-10-16-21(15-9-1)19(13-7-4-8-14-19)20-17-18-11-5-3-6-12-18/h3-8,11-13,17H,1-2,9-10,14-16H2. The normalized spacial score (nSPS) is 27.0. The van der Waals surface area contributed by atoms with E-state index in [0.29, 0.717) is 0 Å². The Morgan fingerprint density at radius 1 is 0.952 bits per heavy atom. The van der Waals surface area contributed by atoms with Crippen LogP contribution < -0.4 is 0 Å². The molecule has 21 heavy (non-hydrogen) atoms. The fourth-order valence-electron chi connectivity index (χ4n) is 3.19. The monoisotopic (exact) mass is 280 g/mol. The van der Waals surface area contributed by atoms with Gasteiger partial charge in [-0.2, -0.15) is 0 Å². The van der Waals surface area contributed by atoms with Crippen LogP contribution in [-0.2, 0) is 0 Å². The molecule has 0 saturated carbocycles. The first-order valence-electron chi connectivity index (χ1n) is 8.09. The van der Waals surface area contributed by atoms with Crippen LogP contribution in [0.2, 0.25) is 0 Å². The third kappa shape index (κ3) is 3.51. The molecule has 0 aromatic heterocycles. The van der Waals surface area contributed by atoms with E-state index in [1.807, 2.05) is 12.3 Å². The van der Waals surface area contributed by atoms with E-state index in [1.165, 1.54) is 31.2 Å². The first kappa shape index (κ1) is 14.3. The van der Waals surface area contributed by atoms with Gasteiger partial charge in [-0.3, -0.25) is 9.89 Å². The molecule has 1 aliphatic carbocycles. The lowest BCUT2D eigenvalue weighted by atomic mass is 9.98. The fraction of sp³-hybridized carbons (Fsp3) is 0.421. The maximum Gasteiger partial charge on any atom is 0.135 e. The first-order chi connectivity index (χ1) is 10.4. The van der Waals surface area contributed by atoms with E-state index in [1.54, 1.807) is 0 Å². The molecule has 1 saturated heterocycles. The second kappa shape index (κ2) is 6.86. The summed E-state index contributed by atoms with van der Waals surface area (Å²) < 4.78 is 0. The summed E-state index contributed by atoms with van der Waals surface area (Å²) in [5.41, 5.74) is 1.00. The lowest BCUT2D eigenvalue weighted by molar-refractivity contribution is 0.144. The quantitative estimate of drug-likeness (QED) is 0.758. The number of allylic oxidation sites excluding steroid dienone is 2. The number of hydrogen-bond donors (Lipinski definition) is 0. The summed E-state index contributed by atoms with van der Waals surface area (Å²) in [4.78, 5) is 7.58. The molecule has 1 fully saturated rings. The molecule has 2 heteroatoms. The van der Waals surface area contributed by atoms with Crippen LogP contribution >= 0.6 is 0 Å². The average Bonchev–Trinajstić information content (AvgIpc) is 2.85. The molecule has 2 aliphatic rings. The van der Waals surface area contributed by atoms with Gasteiger partial charge in [0.25, 0.3) is 0 Å². The molecular formula is C19H24N2. The van der Waals surface area contributed by atoms with Crippen molar-refractivity contribution in [1.29, 1.82) is 0 Å². The number of rotatable bonds is 3. The molecule has 0 amide bonds. The van der Waals surface area contributed by atoms with Crippen LogP contribution in [0.1, 0.15) is 37.7 Å². The molecule has 0 radical (unpaired) electrons. The summed E-state index contributed by atoms with van der Waals surface area (Å²) >= 11 is 0. The van der Waals surface area contributed by atoms with E-state index in [0.717, 1.165) is 19.5 Å². The van der Waals surface area contributed by atoms with E-state index >= 15 is 0 Å². The van der Waals surface area contributed by atoms with Gasteiger partial charge in [-0.05, 0) is 24.5 Å². The highest BCUT2D eigenvalue weighted by atomic mass is 15.3. The lowest BCUT2D eigenvalue weighted by Crippen LogP contribution is -2.46. The van der Waals surface area contributed by atoms with E-state index in [-0.39, 0.29) is 5.66 Å². The molecule has 1 atom stereocenters. The van der Waals surface area contributed by atoms with Crippen molar-refractivity contribution in [2.24, 2.45) is 4.99 Å². The highest BCUT2D eigenvalue weighted by Crippen LogP contribution is 2.29. The van der Waals surface area contributed by atoms with Gasteiger partial charge in [0, 0.05) is 25.7 Å². The summed E-state index contributed by atoms with van der Waals surface area (Å²) in [5.74, 6) is 0. The Labute approximate surface area is 127 Å². The van der Waals surface area contributed by atoms with Gasteiger partial charge in [-0.25, -0.2) is 0 Å². The topological polar surface area (TPSA) is 15.6 Å². The SMILES string of the molecule is C1=CCC(N=Cc2ccccc2)(N2CCCCCC2)C=C1. The van der Waals surface area contributed by atoms with Crippen LogP contribution in [0.15, 0.2) is 59.6 Å². The smallest absolute Gasteiger partial charge is 0.135 e. The lowest BCUT2D eigenvalue weighted by Gasteiger charge is -2.39. The minimum atomic E-state index is -0.172. The predicted molar refractivity (Wildman–Crippen MR) is 89.7 cm³/mol. The molecule has 3 rings (SSSR count). The predicted octanol–water partition coefficient (Wildman–Crippen LogP) is 4.19. The zero-order chi connectivity index (χ0) is 14.4. The van der Waals surface area contributed by atoms with Crippen molar-refractivity contribution in [2.75, 3.05) is 13.1 Å². The molecule has 1 unspecified atom stereocenters. The van der Waals surface area contributed by atoms with Crippen molar-refractivity contribution in [1.82, 2.24) is 4.90 Å². The number of benzene rings is 1. The van der Waals surface area contributed by atoms with Crippen molar-refractivity contribution in [3.63, 3.8) is 0 Å². The van der Waals surface area contributed by atoms with Crippen molar-refractivity contribution >= 4 is 6.21 Å². The summed E-state index contributed by atoms with van der Waals surface area (Å²) in [7, 11) is 0. The second-order valence-electron chi connectivity index (χ2n) is 5.94. The van der Waals surface area contributed by atoms with Crippen LogP contribution in [-0.4, -0.2) is 29.9 Å². The fourth-order valence-corrected chi connectivity index (χ4v) is 3.19. The highest BCUT2D eigenvalue weighted by molar-refractivity contribution is 5.79. The van der Waals surface area contributed by atoms with Crippen LogP contribution in [0.4, 0.5) is 0 Å². The Hall–Kier alpha value is -1.67. The maximum atomic E-state index is 5.01. The van der Waals surface area contributed by atoms with Crippen LogP contribution in [0.25, 0.3) is 0 Å². The van der Waals surface area contributed by atoms with Crippen molar-refractivity contribution < 1.29 is 0 Å². The molecule has 0 bridgehead atoms. The Bertz CT molecular complexity index is 522. The van der Waals surface area contributed by atoms with Gasteiger partial charge in [0.2, 0.25) is 0 Å². The number of aliphatic imine (C=N–C) groups is 1. The Morgan fingerprint density at radius 2 is 1.71 bits per heavy atom. The first-order valence-corrected chi connectivity index (χ1v) is 8.09. The largest absolute Gasteiger partial charge is 0.276 e. The zero-order valence-corrected chi connectivity index (χ0v) is 12.6. The number of hydrogen-bond acceptors (Lipinski definition) is 2. The maximum absolute atomic E-state index is 5.01. The third-order valence-corrected chi connectivity index (χ3v) is 4.42. The molecule has 1 heterocycles. The molecule has 1 aromatic rings. The minimum Gasteiger partial charge on any atom is -0.276 e. The van der Waals surface area contributed by atoms with Gasteiger partial charge in [0.1, 0.15) is 5.66 Å². The summed E-state index contributed by atoms with van der Waals surface area (Å²) in [6.07, 6.45) is 17.1. The molecule has 1 aliphatic heterocycles. The van der Waals surface area contributed by atoms with Crippen LogP contribution in [0.3, 0.4) is 0 Å². The summed E-state index contributed by atoms with van der Waals surface area (Å²) in [5, 5.41) is 0. The number of nitrogens with zero attached hydrogens (tertiary/aromatic N) is 2. The molecule has 0 N–H and O–H groups in total. The molecule has 0 spiro atoms. The Kier molecular flexibility index (Phi) is 4.66. The number of likely N-dealkylation sites (tertiary alicyclic amines) is 1. The van der Waals surface area contributed by atoms with Crippen molar-refractivity contribution in [3.05, 3.63) is 60.2 Å². The summed E-state index contributed by atoms with van der Waals surface area (Å²) in [6, 6.07) is 10.4. The minimum absolute atomic E-state index is 0.172. The van der Waals surface area contributed by atoms with Crippen molar-refractivity contribution in [3.8, 4) is 0 Å². The van der Waals surface area contributed by atoms with E-state index in [2.05, 4.69) is 53.5 Å². The Balaban J connectivity index is 1.84. The second-order valence-corrected chi connectivity index (χ2v) is 5.94. The third-order valence-electron chi connectivity index (χ3n) is 4.42. The van der Waals surface area contributed by atoms with Crippen LogP contribution in [0.5, 0.6) is 0 Å².